The van der Waals surface area contributed by atoms with Gasteiger partial charge in [0.05, 0.1) is 0 Å². The molecule has 0 aromatic heterocycles. The van der Waals surface area contributed by atoms with Crippen LogP contribution in [0.25, 0.3) is 0 Å². The second kappa shape index (κ2) is 43.1. The fourth-order valence-electron chi connectivity index (χ4n) is 6.73. The highest BCUT2D eigenvalue weighted by molar-refractivity contribution is 5.70. The van der Waals surface area contributed by atoms with Crippen LogP contribution in [0.15, 0.2) is 0 Å². The van der Waals surface area contributed by atoms with Crippen LogP contribution in [0, 0.1) is 0 Å². The van der Waals surface area contributed by atoms with Crippen molar-refractivity contribution in [1.29, 1.82) is 0 Å². The average Bonchev–Trinajstić information content (AvgIpc) is 3.15. The van der Waals surface area contributed by atoms with E-state index in [0.717, 1.165) is 57.8 Å². The summed E-state index contributed by atoms with van der Waals surface area (Å²) in [5, 5.41) is 0. The highest BCUT2D eigenvalue weighted by atomic mass is 16.7. The molecule has 0 radical (unpaired) electrons. The Hall–Kier alpha value is -1.63. The number of esters is 3. The third-order valence-corrected chi connectivity index (χ3v) is 10.3. The molecule has 0 N–H and O–H groups in total. The topological polar surface area (TPSA) is 88.1 Å². The van der Waals surface area contributed by atoms with Gasteiger partial charge < -0.3 is 18.9 Å². The summed E-state index contributed by atoms with van der Waals surface area (Å²) in [5.41, 5.74) is 0. The predicted molar refractivity (Wildman–Crippen MR) is 221 cm³/mol. The van der Waals surface area contributed by atoms with E-state index in [1.165, 1.54) is 154 Å². The predicted octanol–water partition coefficient (Wildman–Crippen LogP) is 14.1. The maximum absolute atomic E-state index is 12.4. The van der Waals surface area contributed by atoms with Crippen molar-refractivity contribution in [1.82, 2.24) is 0 Å². The number of ether oxygens (including phenoxy) is 4. The van der Waals surface area contributed by atoms with Crippen molar-refractivity contribution in [3.05, 3.63) is 0 Å². The van der Waals surface area contributed by atoms with Crippen molar-refractivity contribution in [2.24, 2.45) is 0 Å². The van der Waals surface area contributed by atoms with Crippen molar-refractivity contribution < 1.29 is 33.3 Å². The second-order valence-electron chi connectivity index (χ2n) is 15.6. The lowest BCUT2D eigenvalue weighted by atomic mass is 10.0. The van der Waals surface area contributed by atoms with Crippen LogP contribution in [0.1, 0.15) is 252 Å². The van der Waals surface area contributed by atoms with E-state index < -0.39 is 6.10 Å². The van der Waals surface area contributed by atoms with Gasteiger partial charge in [0.1, 0.15) is 19.3 Å². The van der Waals surface area contributed by atoms with E-state index in [2.05, 4.69) is 20.8 Å². The van der Waals surface area contributed by atoms with Crippen LogP contribution in [0.2, 0.25) is 0 Å². The summed E-state index contributed by atoms with van der Waals surface area (Å²) in [6.45, 7) is 6.32. The van der Waals surface area contributed by atoms with Crippen LogP contribution in [-0.4, -0.2) is 44.0 Å². The largest absolute Gasteiger partial charge is 0.463 e. The molecule has 0 aliphatic heterocycles. The van der Waals surface area contributed by atoms with Crippen molar-refractivity contribution in [3.63, 3.8) is 0 Å². The van der Waals surface area contributed by atoms with E-state index in [0.29, 0.717) is 19.3 Å². The van der Waals surface area contributed by atoms with Gasteiger partial charge in [-0.1, -0.05) is 213 Å². The Morgan fingerprint density at radius 3 is 0.849 bits per heavy atom. The third-order valence-electron chi connectivity index (χ3n) is 10.3. The Bertz CT molecular complexity index is 736. The molecule has 7 nitrogen and oxygen atoms in total. The van der Waals surface area contributed by atoms with Crippen molar-refractivity contribution >= 4 is 17.9 Å². The van der Waals surface area contributed by atoms with Gasteiger partial charge in [-0.15, -0.1) is 0 Å². The molecule has 0 saturated carbocycles. The SMILES string of the molecule is CCCCCCCCCCCCCCCCCC(=O)OCC(COC(=O)CCCCCCCCCCCCCCCCC)OCOC(=O)CCCCC. The minimum atomic E-state index is -0.673. The quantitative estimate of drug-likeness (QED) is 0.0265. The summed E-state index contributed by atoms with van der Waals surface area (Å²) in [7, 11) is 0. The van der Waals surface area contributed by atoms with Crippen LogP contribution in [0.3, 0.4) is 0 Å². The minimum absolute atomic E-state index is 0.0306. The summed E-state index contributed by atoms with van der Waals surface area (Å²) < 4.78 is 21.9. The molecule has 0 unspecified atom stereocenters. The van der Waals surface area contributed by atoms with E-state index in [9.17, 15) is 14.4 Å². The van der Waals surface area contributed by atoms with Crippen LogP contribution in [0.5, 0.6) is 0 Å². The molecule has 0 aromatic rings. The van der Waals surface area contributed by atoms with E-state index in [-0.39, 0.29) is 37.9 Å². The normalized spacial score (nSPS) is 11.3. The Morgan fingerprint density at radius 2 is 0.547 bits per heavy atom. The van der Waals surface area contributed by atoms with Gasteiger partial charge in [-0.3, -0.25) is 14.4 Å². The summed E-state index contributed by atoms with van der Waals surface area (Å²) in [6, 6.07) is 0. The Balaban J connectivity index is 4.08. The fourth-order valence-corrected chi connectivity index (χ4v) is 6.73. The van der Waals surface area contributed by atoms with Gasteiger partial charge >= 0.3 is 17.9 Å². The standard InChI is InChI=1S/C46H88O7/c1-4-7-10-12-14-16-18-20-22-24-26-28-30-32-35-38-44(47)50-40-43(52-42-53-46(49)37-34-9-6-3)41-51-45(48)39-36-33-31-29-27-25-23-21-19-17-15-13-11-8-5-2/h43H,4-42H2,1-3H3. The molecule has 0 fully saturated rings. The molecule has 0 aliphatic rings. The number of unbranched alkanes of at least 4 members (excludes halogenated alkanes) is 30. The third kappa shape index (κ3) is 41.4. The molecule has 0 amide bonds. The van der Waals surface area contributed by atoms with Crippen molar-refractivity contribution in [3.8, 4) is 0 Å². The highest BCUT2D eigenvalue weighted by Gasteiger charge is 2.17. The lowest BCUT2D eigenvalue weighted by Crippen LogP contribution is -2.30. The molecule has 0 bridgehead atoms. The van der Waals surface area contributed by atoms with Crippen LogP contribution in [-0.2, 0) is 33.3 Å². The van der Waals surface area contributed by atoms with Gasteiger partial charge in [0.25, 0.3) is 0 Å². The summed E-state index contributed by atoms with van der Waals surface area (Å²) in [6.07, 6.45) is 41.6. The number of carbonyl (C=O) groups is 3. The van der Waals surface area contributed by atoms with E-state index in [4.69, 9.17) is 18.9 Å². The van der Waals surface area contributed by atoms with Crippen molar-refractivity contribution in [2.45, 2.75) is 258 Å². The molecule has 53 heavy (non-hydrogen) atoms. The summed E-state index contributed by atoms with van der Waals surface area (Å²) in [5.74, 6) is -0.851. The van der Waals surface area contributed by atoms with Gasteiger partial charge in [0, 0.05) is 19.3 Å². The highest BCUT2D eigenvalue weighted by Crippen LogP contribution is 2.16. The van der Waals surface area contributed by atoms with Gasteiger partial charge in [-0.2, -0.15) is 0 Å². The van der Waals surface area contributed by atoms with Crippen LogP contribution in [0.4, 0.5) is 0 Å². The fraction of sp³-hybridized carbons (Fsp3) is 0.935. The first kappa shape index (κ1) is 51.4. The molecule has 0 rings (SSSR count). The smallest absolute Gasteiger partial charge is 0.307 e. The molecular formula is C46H88O7. The molecule has 314 valence electrons. The van der Waals surface area contributed by atoms with E-state index >= 15 is 0 Å². The average molecular weight is 753 g/mol. The molecule has 0 aliphatic carbocycles. The first-order valence-electron chi connectivity index (χ1n) is 23.1. The Kier molecular flexibility index (Phi) is 41.8. The van der Waals surface area contributed by atoms with Gasteiger partial charge in [0.2, 0.25) is 0 Å². The minimum Gasteiger partial charge on any atom is -0.463 e. The molecule has 0 spiro atoms. The second-order valence-corrected chi connectivity index (χ2v) is 15.6. The van der Waals surface area contributed by atoms with E-state index in [1.54, 1.807) is 0 Å². The van der Waals surface area contributed by atoms with Gasteiger partial charge in [-0.05, 0) is 19.3 Å². The van der Waals surface area contributed by atoms with Crippen LogP contribution < -0.4 is 0 Å². The zero-order valence-corrected chi connectivity index (χ0v) is 35.5. The summed E-state index contributed by atoms with van der Waals surface area (Å²) >= 11 is 0. The lowest BCUT2D eigenvalue weighted by Gasteiger charge is -2.18. The molecule has 0 aromatic carbocycles. The maximum Gasteiger partial charge on any atom is 0.307 e. The van der Waals surface area contributed by atoms with E-state index in [1.807, 2.05) is 0 Å². The van der Waals surface area contributed by atoms with Gasteiger partial charge in [-0.25, -0.2) is 0 Å². The number of hydrogen-bond donors (Lipinski definition) is 0. The summed E-state index contributed by atoms with van der Waals surface area (Å²) in [4.78, 5) is 36.9. The Labute approximate surface area is 328 Å². The molecule has 0 heterocycles. The zero-order valence-electron chi connectivity index (χ0n) is 35.5. The molecular weight excluding hydrogens is 664 g/mol. The lowest BCUT2D eigenvalue weighted by molar-refractivity contribution is -0.175. The van der Waals surface area contributed by atoms with Crippen molar-refractivity contribution in [2.75, 3.05) is 20.0 Å². The van der Waals surface area contributed by atoms with Crippen LogP contribution >= 0.6 is 0 Å². The molecule has 0 atom stereocenters. The number of hydrogen-bond acceptors (Lipinski definition) is 7. The molecule has 7 heteroatoms. The maximum atomic E-state index is 12.4. The number of rotatable bonds is 43. The first-order chi connectivity index (χ1) is 26.0. The monoisotopic (exact) mass is 753 g/mol. The van der Waals surface area contributed by atoms with Gasteiger partial charge in [0.15, 0.2) is 6.79 Å². The first-order valence-corrected chi connectivity index (χ1v) is 23.1. The zero-order chi connectivity index (χ0) is 38.7. The Morgan fingerprint density at radius 1 is 0.321 bits per heavy atom. The number of carbonyl (C=O) groups excluding carboxylic acids is 3. The molecule has 0 saturated heterocycles.